The van der Waals surface area contributed by atoms with E-state index in [0.29, 0.717) is 0 Å². The predicted octanol–water partition coefficient (Wildman–Crippen LogP) is -9.55. The van der Waals surface area contributed by atoms with Crippen LogP contribution in [-0.4, -0.2) is 16.4 Å². The maximum absolute atomic E-state index is 0. The monoisotopic (exact) mass is 568 g/mol. The quantitative estimate of drug-likeness (QED) is 0.246. The Morgan fingerprint density at radius 3 is 0.278 bits per heavy atom. The number of rotatable bonds is 0. The zero-order chi connectivity index (χ0) is 0. The van der Waals surface area contributed by atoms with Crippen LogP contribution in [0.5, 0.6) is 0 Å². The summed E-state index contributed by atoms with van der Waals surface area (Å²) in [7, 11) is 0. The van der Waals surface area contributed by atoms with Crippen LogP contribution in [0.15, 0.2) is 0 Å². The average Bonchev–Trinajstić information content (AvgIpc) is 0. The first-order chi connectivity index (χ1) is 0. The molecule has 0 heterocycles. The smallest absolute Gasteiger partial charge is 2.00 e. The molecule has 6 N–H and O–H groups in total. The molecule has 0 aromatic carbocycles. The predicted molar refractivity (Wildman–Crippen MR) is 17.0 cm³/mol. The second-order valence-corrected chi connectivity index (χ2v) is 0. The summed E-state index contributed by atoms with van der Waals surface area (Å²) in [4.78, 5) is 0. The van der Waals surface area contributed by atoms with Crippen LogP contribution in [0.1, 0.15) is 0 Å². The van der Waals surface area contributed by atoms with E-state index < -0.39 is 0 Å². The minimum Gasteiger partial charge on any atom is -2.00 e. The van der Waals surface area contributed by atoms with Gasteiger partial charge in [0, 0.05) is 42.1 Å². The molecule has 0 unspecified atom stereocenters. The van der Waals surface area contributed by atoms with Crippen molar-refractivity contribution in [3.63, 3.8) is 0 Å². The molecule has 0 saturated heterocycles. The van der Waals surface area contributed by atoms with Gasteiger partial charge in [0.15, 0.2) is 0 Å². The first kappa shape index (κ1) is 577. The van der Waals surface area contributed by atoms with E-state index >= 15 is 0 Å². The summed E-state index contributed by atoms with van der Waals surface area (Å²) in [5.41, 5.74) is 0. The van der Waals surface area contributed by atoms with Crippen molar-refractivity contribution in [3.05, 3.63) is 0 Å². The van der Waals surface area contributed by atoms with Crippen LogP contribution in [0.4, 0.5) is 0 Å². The molecule has 18 heavy (non-hydrogen) atoms. The topological polar surface area (TPSA) is 351 Å². The molecule has 0 aromatic heterocycles. The Hall–Kier alpha value is 4.14. The Balaban J connectivity index is 0. The second-order valence-electron chi connectivity index (χ2n) is 0. The first-order valence-corrected chi connectivity index (χ1v) is 0. The minimum atomic E-state index is 0. The van der Waals surface area contributed by atoms with Crippen molar-refractivity contribution in [2.24, 2.45) is 0 Å². The molecular formula is H6Mo2Na2O12Zn2-12. The standard InChI is InChI=1S/2Mo.2Na.3H2O.9O.2Zn/h;;;;3*1H2;;;;;;;;;;;/q;;2*+1;;;;9*-2;2*+2. The maximum atomic E-state index is 0. The molecule has 0 atom stereocenters. The van der Waals surface area contributed by atoms with Crippen LogP contribution < -0.4 is 59.1 Å². The van der Waals surface area contributed by atoms with Gasteiger partial charge in [-0.05, 0) is 0 Å². The molecule has 108 valence electrons. The zero-order valence-corrected chi connectivity index (χ0v) is 23.4. The third-order valence-corrected chi connectivity index (χ3v) is 0. The van der Waals surface area contributed by atoms with Crippen LogP contribution in [-0.2, 0) is 130 Å². The molecule has 12 nitrogen and oxygen atoms in total. The fourth-order valence-electron chi connectivity index (χ4n) is 0. The van der Waals surface area contributed by atoms with E-state index in [1.165, 1.54) is 0 Å². The first-order valence-electron chi connectivity index (χ1n) is 0. The Kier molecular flexibility index (Phi) is 16000. The Labute approximate surface area is 203 Å². The van der Waals surface area contributed by atoms with Gasteiger partial charge < -0.3 is 65.7 Å². The SMILES string of the molecule is O.O.O.[Mo].[Mo].[Na+].[Na+].[O-2].[O-2].[O-2].[O-2].[O-2].[O-2].[O-2].[O-2].[O-2].[Zn+2].[Zn+2]. The molecule has 0 spiro atoms. The van der Waals surface area contributed by atoms with E-state index in [1.54, 1.807) is 0 Å². The summed E-state index contributed by atoms with van der Waals surface area (Å²) in [5.74, 6) is 0. The van der Waals surface area contributed by atoms with Crippen molar-refractivity contribution in [1.82, 2.24) is 0 Å². The molecule has 0 saturated carbocycles. The van der Waals surface area contributed by atoms with Crippen molar-refractivity contribution in [3.8, 4) is 0 Å². The molecule has 0 rings (SSSR count). The van der Waals surface area contributed by atoms with E-state index in [2.05, 4.69) is 0 Å². The Bertz CT molecular complexity index is 26.0. The number of hydrogen-bond donors (Lipinski definition) is 0. The fraction of sp³-hybridized carbons (Fsp3) is 0. The molecular weight excluding hydrogens is 561 g/mol. The van der Waals surface area contributed by atoms with Crippen molar-refractivity contribution in [2.75, 3.05) is 0 Å². The minimum absolute atomic E-state index is 0. The summed E-state index contributed by atoms with van der Waals surface area (Å²) in [5, 5.41) is 0. The van der Waals surface area contributed by atoms with Gasteiger partial charge in [-0.25, -0.2) is 0 Å². The summed E-state index contributed by atoms with van der Waals surface area (Å²) >= 11 is 0. The van der Waals surface area contributed by atoms with Crippen molar-refractivity contribution in [2.45, 2.75) is 0 Å². The third-order valence-electron chi connectivity index (χ3n) is 0. The Morgan fingerprint density at radius 1 is 0.278 bits per heavy atom. The van der Waals surface area contributed by atoms with Gasteiger partial charge in [0.1, 0.15) is 0 Å². The number of hydrogen-bond acceptors (Lipinski definition) is 0. The van der Waals surface area contributed by atoms with Gasteiger partial charge in [-0.1, -0.05) is 0 Å². The van der Waals surface area contributed by atoms with E-state index in [0.717, 1.165) is 0 Å². The van der Waals surface area contributed by atoms with Crippen LogP contribution in [0.25, 0.3) is 0 Å². The van der Waals surface area contributed by atoms with Gasteiger partial charge in [0.2, 0.25) is 0 Å². The Morgan fingerprint density at radius 2 is 0.278 bits per heavy atom. The van der Waals surface area contributed by atoms with Gasteiger partial charge in [0.05, 0.1) is 0 Å². The van der Waals surface area contributed by atoms with E-state index in [9.17, 15) is 0 Å². The molecule has 18 heteroatoms. The third kappa shape index (κ3) is 430. The summed E-state index contributed by atoms with van der Waals surface area (Å²) in [6.07, 6.45) is 0. The van der Waals surface area contributed by atoms with Crippen molar-refractivity contribution >= 4 is 0 Å². The second kappa shape index (κ2) is 500. The normalized spacial score (nSPS) is 0. The molecule has 0 bridgehead atoms. The van der Waals surface area contributed by atoms with E-state index in [1.807, 2.05) is 0 Å². The largest absolute Gasteiger partial charge is 2.00 e. The van der Waals surface area contributed by atoms with Crippen LogP contribution in [0.2, 0.25) is 0 Å². The van der Waals surface area contributed by atoms with E-state index in [-0.39, 0.29) is 206 Å². The van der Waals surface area contributed by atoms with Crippen molar-refractivity contribution in [1.29, 1.82) is 0 Å². The van der Waals surface area contributed by atoms with Crippen LogP contribution >= 0.6 is 0 Å². The van der Waals surface area contributed by atoms with E-state index in [4.69, 9.17) is 0 Å². The van der Waals surface area contributed by atoms with Gasteiger partial charge >= 0.3 is 98.1 Å². The summed E-state index contributed by atoms with van der Waals surface area (Å²) in [6.45, 7) is 0. The van der Waals surface area contributed by atoms with Crippen LogP contribution in [0, 0.1) is 0 Å². The van der Waals surface area contributed by atoms with Gasteiger partial charge in [-0.3, -0.25) is 0 Å². The van der Waals surface area contributed by atoms with Gasteiger partial charge in [0.25, 0.3) is 0 Å². The molecule has 0 fully saturated rings. The molecule has 0 aromatic rings. The molecule has 0 aliphatic heterocycles. The molecule has 0 amide bonds. The van der Waals surface area contributed by atoms with Gasteiger partial charge in [-0.2, -0.15) is 0 Å². The zero-order valence-electron chi connectivity index (χ0n) is 9.40. The summed E-state index contributed by atoms with van der Waals surface area (Å²) in [6, 6.07) is 0. The molecule has 0 radical (unpaired) electrons. The van der Waals surface area contributed by atoms with Crippen molar-refractivity contribution < 1.29 is 206 Å². The van der Waals surface area contributed by atoms with Crippen LogP contribution in [0.3, 0.4) is 0 Å². The summed E-state index contributed by atoms with van der Waals surface area (Å²) < 4.78 is 0. The molecule has 0 aliphatic carbocycles. The van der Waals surface area contributed by atoms with Gasteiger partial charge in [-0.15, -0.1) is 0 Å². The average molecular weight is 567 g/mol. The molecule has 0 aliphatic rings. The fourth-order valence-corrected chi connectivity index (χ4v) is 0. The maximum Gasteiger partial charge on any atom is 2.00 e.